The van der Waals surface area contributed by atoms with Crippen LogP contribution in [0.1, 0.15) is 0 Å². The Morgan fingerprint density at radius 1 is 0.359 bits per heavy atom. The number of aromatic nitrogens is 6. The van der Waals surface area contributed by atoms with Gasteiger partial charge in [-0.1, -0.05) is 36.4 Å². The molecule has 6 aromatic rings. The number of hydrogen-bond donors (Lipinski definition) is 0. The summed E-state index contributed by atoms with van der Waals surface area (Å²) in [6, 6.07) is 37.2. The average molecular weight is 638 g/mol. The van der Waals surface area contributed by atoms with E-state index in [-0.39, 0.29) is 44.3 Å². The zero-order chi connectivity index (χ0) is 24.7. The van der Waals surface area contributed by atoms with Gasteiger partial charge in [-0.2, -0.15) is 36.4 Å². The molecule has 0 aliphatic rings. The maximum absolute atomic E-state index is 4.16. The normalized spacial score (nSPS) is 8.92. The van der Waals surface area contributed by atoms with Gasteiger partial charge in [0.25, 0.3) is 0 Å². The van der Waals surface area contributed by atoms with Crippen LogP contribution in [0, 0.1) is 18.2 Å². The fraction of sp³-hybridized carbons (Fsp3) is 0. The molecule has 0 saturated carbocycles. The molecule has 0 fully saturated rings. The first kappa shape index (κ1) is 33.1. The summed E-state index contributed by atoms with van der Waals surface area (Å²) in [4.78, 5) is 24.9. The minimum atomic E-state index is 0. The predicted octanol–water partition coefficient (Wildman–Crippen LogP) is -0.163. The molecule has 193 valence electrons. The van der Waals surface area contributed by atoms with Gasteiger partial charge in [-0.3, -0.25) is 15.0 Å². The molecule has 0 spiro atoms. The molecule has 0 amide bonds. The van der Waals surface area contributed by atoms with Crippen LogP contribution in [0.4, 0.5) is 0 Å². The molecule has 6 aromatic heterocycles. The van der Waals surface area contributed by atoms with E-state index >= 15 is 0 Å². The molecule has 6 rings (SSSR count). The van der Waals surface area contributed by atoms with Crippen LogP contribution in [0.2, 0.25) is 0 Å². The van der Waals surface area contributed by atoms with Gasteiger partial charge < -0.3 is 39.8 Å². The largest absolute Gasteiger partial charge is 5.00 e. The molecule has 0 bridgehead atoms. The summed E-state index contributed by atoms with van der Waals surface area (Å²) >= 11 is 0. The Morgan fingerprint density at radius 3 is 0.846 bits per heavy atom. The minimum Gasteiger partial charge on any atom is -1.00 e. The van der Waals surface area contributed by atoms with Gasteiger partial charge in [-0.15, -0.1) is 18.2 Å². The van der Waals surface area contributed by atoms with Crippen molar-refractivity contribution in [3.63, 3.8) is 0 Å². The number of pyridine rings is 6. The zero-order valence-electron chi connectivity index (χ0n) is 20.4. The first-order valence-electron chi connectivity index (χ1n) is 11.1. The SMILES string of the molecule is [Cl-].[Cl-].[Ru+5].[c-]1cccnc1-c1ccccn1.[c-]1cccnc1-c1ccccn1.[c-]1cccnc1-c1ccccn1. The maximum Gasteiger partial charge on any atom is 5.00 e. The Kier molecular flexibility index (Phi) is 16.3. The second kappa shape index (κ2) is 19.2. The van der Waals surface area contributed by atoms with Crippen LogP contribution < -0.4 is 24.8 Å². The van der Waals surface area contributed by atoms with Crippen molar-refractivity contribution in [3.8, 4) is 34.2 Å². The Hall–Kier alpha value is -3.90. The van der Waals surface area contributed by atoms with Gasteiger partial charge in [0.05, 0.1) is 0 Å². The number of hydrogen-bond acceptors (Lipinski definition) is 6. The molecule has 9 heteroatoms. The zero-order valence-corrected chi connectivity index (χ0v) is 23.7. The summed E-state index contributed by atoms with van der Waals surface area (Å²) in [5.74, 6) is 0. The maximum atomic E-state index is 4.16. The van der Waals surface area contributed by atoms with Crippen LogP contribution in [0.15, 0.2) is 128 Å². The van der Waals surface area contributed by atoms with Crippen LogP contribution in [0.25, 0.3) is 34.2 Å². The molecule has 0 aromatic carbocycles. The van der Waals surface area contributed by atoms with Crippen molar-refractivity contribution in [2.24, 2.45) is 0 Å². The average Bonchev–Trinajstić information content (AvgIpc) is 3.01. The van der Waals surface area contributed by atoms with Gasteiger partial charge >= 0.3 is 19.5 Å². The third kappa shape index (κ3) is 11.2. The molecule has 0 atom stereocenters. The van der Waals surface area contributed by atoms with Gasteiger partial charge in [-0.25, -0.2) is 0 Å². The van der Waals surface area contributed by atoms with Crippen molar-refractivity contribution >= 4 is 0 Å². The standard InChI is InChI=1S/3C10H7N2.2ClH.Ru/c3*1-3-7-11-9(5-1)10-6-2-4-8-12-10;;;/h3*1-5,7-8H;2*1H;/q3*-1;;;+5/p-2. The Labute approximate surface area is 253 Å². The van der Waals surface area contributed by atoms with Gasteiger partial charge in [0, 0.05) is 18.6 Å². The molecule has 0 aliphatic heterocycles. The van der Waals surface area contributed by atoms with Gasteiger partial charge in [0.15, 0.2) is 0 Å². The molecule has 6 nitrogen and oxygen atoms in total. The molecular weight excluding hydrogens is 616 g/mol. The van der Waals surface area contributed by atoms with Crippen molar-refractivity contribution < 1.29 is 44.3 Å². The van der Waals surface area contributed by atoms with Crippen LogP contribution in [-0.2, 0) is 19.5 Å². The van der Waals surface area contributed by atoms with Crippen LogP contribution in [-0.4, -0.2) is 29.9 Å². The number of halogens is 2. The van der Waals surface area contributed by atoms with Crippen molar-refractivity contribution in [2.45, 2.75) is 0 Å². The van der Waals surface area contributed by atoms with E-state index in [9.17, 15) is 0 Å². The molecule has 39 heavy (non-hydrogen) atoms. The van der Waals surface area contributed by atoms with Crippen molar-refractivity contribution in [1.82, 2.24) is 29.9 Å². The molecule has 6 heterocycles. The van der Waals surface area contributed by atoms with E-state index in [0.717, 1.165) is 34.2 Å². The Balaban J connectivity index is 0.000000282. The first-order valence-corrected chi connectivity index (χ1v) is 11.1. The van der Waals surface area contributed by atoms with E-state index in [0.29, 0.717) is 0 Å². The third-order valence-corrected chi connectivity index (χ3v) is 4.54. The van der Waals surface area contributed by atoms with Gasteiger partial charge in [0.2, 0.25) is 0 Å². The van der Waals surface area contributed by atoms with E-state index in [4.69, 9.17) is 0 Å². The third-order valence-electron chi connectivity index (χ3n) is 4.54. The Morgan fingerprint density at radius 2 is 0.641 bits per heavy atom. The topological polar surface area (TPSA) is 77.3 Å². The minimum absolute atomic E-state index is 0. The molecule has 0 N–H and O–H groups in total. The fourth-order valence-electron chi connectivity index (χ4n) is 2.90. The molecule has 1 radical (unpaired) electrons. The second-order valence-electron chi connectivity index (χ2n) is 7.04. The van der Waals surface area contributed by atoms with Crippen LogP contribution >= 0.6 is 0 Å². The summed E-state index contributed by atoms with van der Waals surface area (Å²) < 4.78 is 0. The molecule has 0 saturated heterocycles. The summed E-state index contributed by atoms with van der Waals surface area (Å²) in [6.07, 6.45) is 10.5. The predicted molar refractivity (Wildman–Crippen MR) is 139 cm³/mol. The quantitative estimate of drug-likeness (QED) is 0.199. The van der Waals surface area contributed by atoms with Crippen molar-refractivity contribution in [3.05, 3.63) is 146 Å². The molecule has 0 unspecified atom stereocenters. The van der Waals surface area contributed by atoms with E-state index in [2.05, 4.69) is 48.1 Å². The number of rotatable bonds is 3. The number of nitrogens with zero attached hydrogens (tertiary/aromatic N) is 6. The summed E-state index contributed by atoms with van der Waals surface area (Å²) in [5.41, 5.74) is 4.95. The van der Waals surface area contributed by atoms with Crippen molar-refractivity contribution in [2.75, 3.05) is 0 Å². The van der Waals surface area contributed by atoms with Gasteiger partial charge in [-0.05, 0) is 71.0 Å². The van der Waals surface area contributed by atoms with Crippen molar-refractivity contribution in [1.29, 1.82) is 0 Å². The smallest absolute Gasteiger partial charge is 1.00 e. The monoisotopic (exact) mass is 637 g/mol. The van der Waals surface area contributed by atoms with Crippen LogP contribution in [0.3, 0.4) is 0 Å². The summed E-state index contributed by atoms with van der Waals surface area (Å²) in [6.45, 7) is 0. The van der Waals surface area contributed by atoms with Gasteiger partial charge in [0.1, 0.15) is 0 Å². The summed E-state index contributed by atoms with van der Waals surface area (Å²) in [5, 5.41) is 0. The fourth-order valence-corrected chi connectivity index (χ4v) is 2.90. The molecular formula is C30H21Cl2N6Ru. The van der Waals surface area contributed by atoms with Crippen LogP contribution in [0.5, 0.6) is 0 Å². The van der Waals surface area contributed by atoms with E-state index in [1.807, 2.05) is 91.0 Å². The van der Waals surface area contributed by atoms with E-state index < -0.39 is 0 Å². The molecule has 0 aliphatic carbocycles. The van der Waals surface area contributed by atoms with E-state index in [1.165, 1.54) is 0 Å². The Bertz CT molecular complexity index is 1110. The van der Waals surface area contributed by atoms with E-state index in [1.54, 1.807) is 37.2 Å². The first-order chi connectivity index (χ1) is 17.9. The second-order valence-corrected chi connectivity index (χ2v) is 7.04. The summed E-state index contributed by atoms with van der Waals surface area (Å²) in [7, 11) is 0.